The molecule has 0 saturated carbocycles. The maximum absolute atomic E-state index is 12.2. The highest BCUT2D eigenvalue weighted by Crippen LogP contribution is 2.38. The van der Waals surface area contributed by atoms with Crippen molar-refractivity contribution in [3.05, 3.63) is 45.8 Å². The van der Waals surface area contributed by atoms with Crippen LogP contribution >= 0.6 is 15.9 Å². The molecular weight excluding hydrogens is 438 g/mol. The summed E-state index contributed by atoms with van der Waals surface area (Å²) >= 11 is 3.37. The number of methoxy groups -OCH3 is 1. The molecule has 1 aromatic heterocycles. The number of amides is 1. The summed E-state index contributed by atoms with van der Waals surface area (Å²) < 4.78 is 12.9. The number of aromatic nitrogens is 2. The van der Waals surface area contributed by atoms with Crippen LogP contribution in [0.2, 0.25) is 0 Å². The molecule has 9 heteroatoms. The number of anilines is 1. The van der Waals surface area contributed by atoms with Gasteiger partial charge >= 0.3 is 6.09 Å². The number of hydrogen-bond acceptors (Lipinski definition) is 5. The normalized spacial score (nSPS) is 14.1. The summed E-state index contributed by atoms with van der Waals surface area (Å²) in [4.78, 5) is 17.4. The highest BCUT2D eigenvalue weighted by atomic mass is 79.9. The summed E-state index contributed by atoms with van der Waals surface area (Å²) in [6.45, 7) is 14.5. The molecular formula is C20H24BrN5O3. The molecule has 8 nitrogen and oxygen atoms in total. The number of hydrogen-bond donors (Lipinski definition) is 1. The van der Waals surface area contributed by atoms with E-state index in [-0.39, 0.29) is 12.1 Å². The van der Waals surface area contributed by atoms with Crippen LogP contribution < -0.4 is 10.1 Å². The minimum atomic E-state index is -0.529. The molecule has 2 aromatic rings. The van der Waals surface area contributed by atoms with Crippen molar-refractivity contribution in [2.24, 2.45) is 0 Å². The van der Waals surface area contributed by atoms with E-state index in [0.717, 1.165) is 11.3 Å². The van der Waals surface area contributed by atoms with Gasteiger partial charge in [0, 0.05) is 19.6 Å². The predicted molar refractivity (Wildman–Crippen MR) is 113 cm³/mol. The van der Waals surface area contributed by atoms with E-state index in [1.165, 1.54) is 0 Å². The number of benzene rings is 1. The second-order valence-electron chi connectivity index (χ2n) is 7.79. The van der Waals surface area contributed by atoms with Gasteiger partial charge in [-0.2, -0.15) is 5.10 Å². The van der Waals surface area contributed by atoms with Crippen LogP contribution in [0.1, 0.15) is 32.4 Å². The average Bonchev–Trinajstić information content (AvgIpc) is 2.92. The van der Waals surface area contributed by atoms with E-state index in [2.05, 4.69) is 31.2 Å². The van der Waals surface area contributed by atoms with Crippen molar-refractivity contribution >= 4 is 33.5 Å². The van der Waals surface area contributed by atoms with Crippen LogP contribution in [0, 0.1) is 6.57 Å². The van der Waals surface area contributed by atoms with E-state index in [4.69, 9.17) is 16.0 Å². The number of likely N-dealkylation sites (tertiary alicyclic amines) is 1. The Bertz CT molecular complexity index is 921. The van der Waals surface area contributed by atoms with Crippen LogP contribution in [0.25, 0.3) is 4.85 Å². The van der Waals surface area contributed by atoms with Crippen LogP contribution in [0.4, 0.5) is 16.3 Å². The first-order chi connectivity index (χ1) is 13.7. The number of carbonyl (C=O) groups is 1. The minimum absolute atomic E-state index is 0.0207. The first-order valence-corrected chi connectivity index (χ1v) is 10.0. The van der Waals surface area contributed by atoms with Crippen molar-refractivity contribution in [3.8, 4) is 5.75 Å². The standard InChI is InChI=1S/C20H24BrN5O3/c1-20(2,3)29-19(27)25-11-14(12-25)26-18(16(22-4)17(21)24-26)23-10-13-6-8-15(28-5)9-7-13/h6-9,14,23H,10-12H2,1-3,5H3. The Hall–Kier alpha value is -2.73. The fourth-order valence-electron chi connectivity index (χ4n) is 2.94. The Balaban J connectivity index is 1.70. The molecule has 2 heterocycles. The zero-order chi connectivity index (χ0) is 21.2. The highest BCUT2D eigenvalue weighted by molar-refractivity contribution is 9.10. The summed E-state index contributed by atoms with van der Waals surface area (Å²) in [5.74, 6) is 1.43. The lowest BCUT2D eigenvalue weighted by Gasteiger charge is -2.40. The van der Waals surface area contributed by atoms with Crippen LogP contribution in [0.5, 0.6) is 5.75 Å². The van der Waals surface area contributed by atoms with Crippen LogP contribution in [0.15, 0.2) is 28.9 Å². The van der Waals surface area contributed by atoms with Crippen LogP contribution in [-0.4, -0.2) is 46.6 Å². The second kappa shape index (κ2) is 8.33. The molecule has 1 aliphatic heterocycles. The summed E-state index contributed by atoms with van der Waals surface area (Å²) in [7, 11) is 1.63. The van der Waals surface area contributed by atoms with E-state index >= 15 is 0 Å². The molecule has 0 spiro atoms. The molecule has 3 rings (SSSR count). The van der Waals surface area contributed by atoms with E-state index in [1.807, 2.05) is 45.0 Å². The van der Waals surface area contributed by atoms with Gasteiger partial charge in [-0.3, -0.25) is 4.68 Å². The van der Waals surface area contributed by atoms with Gasteiger partial charge in [0.25, 0.3) is 5.69 Å². The quantitative estimate of drug-likeness (QED) is 0.658. The third kappa shape index (κ3) is 4.82. The van der Waals surface area contributed by atoms with Crippen molar-refractivity contribution in [2.45, 2.75) is 39.0 Å². The number of ether oxygens (including phenoxy) is 2. The smallest absolute Gasteiger partial charge is 0.410 e. The van der Waals surface area contributed by atoms with Gasteiger partial charge in [0.05, 0.1) is 19.7 Å². The molecule has 0 unspecified atom stereocenters. The maximum Gasteiger partial charge on any atom is 0.410 e. The predicted octanol–water partition coefficient (Wildman–Crippen LogP) is 4.61. The monoisotopic (exact) mass is 461 g/mol. The van der Waals surface area contributed by atoms with E-state index in [9.17, 15) is 4.79 Å². The molecule has 1 amide bonds. The molecule has 0 atom stereocenters. The van der Waals surface area contributed by atoms with Gasteiger partial charge in [0.2, 0.25) is 0 Å². The third-order valence-corrected chi connectivity index (χ3v) is 4.97. The molecule has 1 aliphatic rings. The zero-order valence-electron chi connectivity index (χ0n) is 16.9. The largest absolute Gasteiger partial charge is 0.497 e. The lowest BCUT2D eigenvalue weighted by atomic mass is 10.1. The van der Waals surface area contributed by atoms with Crippen molar-refractivity contribution in [1.29, 1.82) is 0 Å². The van der Waals surface area contributed by atoms with E-state index < -0.39 is 5.60 Å². The summed E-state index contributed by atoms with van der Waals surface area (Å²) in [6, 6.07) is 7.70. The SMILES string of the molecule is [C-]#[N+]c1c(Br)nn(C2CN(C(=O)OC(C)(C)C)C2)c1NCc1ccc(OC)cc1. The summed E-state index contributed by atoms with van der Waals surface area (Å²) in [5.41, 5.74) is 0.947. The van der Waals surface area contributed by atoms with Crippen molar-refractivity contribution in [1.82, 2.24) is 14.7 Å². The third-order valence-electron chi connectivity index (χ3n) is 4.43. The molecule has 1 aromatic carbocycles. The number of carbonyl (C=O) groups excluding carboxylic acids is 1. The van der Waals surface area contributed by atoms with Crippen molar-refractivity contribution in [2.75, 3.05) is 25.5 Å². The minimum Gasteiger partial charge on any atom is -0.497 e. The van der Waals surface area contributed by atoms with Gasteiger partial charge in [-0.05, 0) is 54.4 Å². The van der Waals surface area contributed by atoms with Gasteiger partial charge in [0.15, 0.2) is 0 Å². The lowest BCUT2D eigenvalue weighted by molar-refractivity contribution is -0.000166. The second-order valence-corrected chi connectivity index (χ2v) is 8.54. The number of rotatable bonds is 5. The maximum atomic E-state index is 12.2. The summed E-state index contributed by atoms with van der Waals surface area (Å²) in [5, 5.41) is 7.79. The molecule has 29 heavy (non-hydrogen) atoms. The highest BCUT2D eigenvalue weighted by Gasteiger charge is 2.37. The first kappa shape index (κ1) is 21.0. The number of halogens is 1. The fraction of sp³-hybridized carbons (Fsp3) is 0.450. The first-order valence-electron chi connectivity index (χ1n) is 9.22. The van der Waals surface area contributed by atoms with Gasteiger partial charge in [-0.1, -0.05) is 12.1 Å². The molecule has 1 N–H and O–H groups in total. The number of nitrogens with one attached hydrogen (secondary N) is 1. The Kier molecular flexibility index (Phi) is 6.03. The Morgan fingerprint density at radius 3 is 2.55 bits per heavy atom. The Morgan fingerprint density at radius 2 is 2.00 bits per heavy atom. The Morgan fingerprint density at radius 1 is 1.34 bits per heavy atom. The lowest BCUT2D eigenvalue weighted by Crippen LogP contribution is -2.52. The molecule has 1 fully saturated rings. The molecule has 154 valence electrons. The zero-order valence-corrected chi connectivity index (χ0v) is 18.5. The molecule has 0 aliphatic carbocycles. The van der Waals surface area contributed by atoms with Gasteiger partial charge in [0.1, 0.15) is 21.8 Å². The Labute approximate surface area is 178 Å². The molecule has 1 saturated heterocycles. The van der Waals surface area contributed by atoms with E-state index in [0.29, 0.717) is 35.7 Å². The molecule has 0 bridgehead atoms. The van der Waals surface area contributed by atoms with Gasteiger partial charge in [-0.25, -0.2) is 9.64 Å². The summed E-state index contributed by atoms with van der Waals surface area (Å²) in [6.07, 6.45) is -0.335. The van der Waals surface area contributed by atoms with Crippen LogP contribution in [0.3, 0.4) is 0 Å². The van der Waals surface area contributed by atoms with Gasteiger partial charge in [-0.15, -0.1) is 0 Å². The van der Waals surface area contributed by atoms with Crippen molar-refractivity contribution in [3.63, 3.8) is 0 Å². The number of nitrogens with zero attached hydrogens (tertiary/aromatic N) is 4. The average molecular weight is 462 g/mol. The van der Waals surface area contributed by atoms with Crippen molar-refractivity contribution < 1.29 is 14.3 Å². The van der Waals surface area contributed by atoms with Crippen LogP contribution in [-0.2, 0) is 11.3 Å². The molecule has 0 radical (unpaired) electrons. The fourth-order valence-corrected chi connectivity index (χ4v) is 3.39. The topological polar surface area (TPSA) is 73.0 Å². The van der Waals surface area contributed by atoms with Gasteiger partial charge < -0.3 is 19.7 Å². The van der Waals surface area contributed by atoms with E-state index in [1.54, 1.807) is 16.7 Å².